The Bertz CT molecular complexity index is 1260. The van der Waals surface area contributed by atoms with Gasteiger partial charge in [0.2, 0.25) is 0 Å². The van der Waals surface area contributed by atoms with E-state index in [2.05, 4.69) is 10.6 Å². The fourth-order valence-corrected chi connectivity index (χ4v) is 4.51. The van der Waals surface area contributed by atoms with Gasteiger partial charge in [0.1, 0.15) is 0 Å². The van der Waals surface area contributed by atoms with Gasteiger partial charge in [0.15, 0.2) is 0 Å². The summed E-state index contributed by atoms with van der Waals surface area (Å²) >= 11 is 6.23. The van der Waals surface area contributed by atoms with Crippen LogP contribution in [0, 0.1) is 0 Å². The van der Waals surface area contributed by atoms with Gasteiger partial charge >= 0.3 is 0 Å². The van der Waals surface area contributed by atoms with E-state index in [1.807, 2.05) is 6.92 Å². The summed E-state index contributed by atoms with van der Waals surface area (Å²) in [7, 11) is -2.50. The first-order valence-corrected chi connectivity index (χ1v) is 12.1. The maximum absolute atomic E-state index is 13.1. The zero-order valence-corrected chi connectivity index (χ0v) is 19.8. The average Bonchev–Trinajstić information content (AvgIpc) is 2.83. The molecule has 7 nitrogen and oxygen atoms in total. The molecule has 9 heteroatoms. The number of hydrogen-bond donors (Lipinski definition) is 2. The molecule has 0 atom stereocenters. The van der Waals surface area contributed by atoms with E-state index < -0.39 is 15.9 Å². The SMILES string of the molecule is CCCNC(=O)c1ccccc1NC(=O)c1cc(S(=O)(=O)N(C)c2ccccc2)ccc1Cl. The van der Waals surface area contributed by atoms with Crippen molar-refractivity contribution in [3.8, 4) is 0 Å². The number of rotatable bonds is 8. The Balaban J connectivity index is 1.91. The molecule has 0 aliphatic carbocycles. The first-order valence-electron chi connectivity index (χ1n) is 10.3. The van der Waals surface area contributed by atoms with Gasteiger partial charge in [-0.2, -0.15) is 0 Å². The molecule has 0 unspecified atom stereocenters. The highest BCUT2D eigenvalue weighted by molar-refractivity contribution is 7.92. The first kappa shape index (κ1) is 24.3. The van der Waals surface area contributed by atoms with Gasteiger partial charge in [0, 0.05) is 13.6 Å². The number of carbonyl (C=O) groups excluding carboxylic acids is 2. The van der Waals surface area contributed by atoms with Gasteiger partial charge < -0.3 is 10.6 Å². The predicted molar refractivity (Wildman–Crippen MR) is 131 cm³/mol. The topological polar surface area (TPSA) is 95.6 Å². The number of anilines is 2. The van der Waals surface area contributed by atoms with Crippen LogP contribution < -0.4 is 14.9 Å². The van der Waals surface area contributed by atoms with Crippen LogP contribution in [0.2, 0.25) is 5.02 Å². The number of hydrogen-bond acceptors (Lipinski definition) is 4. The molecule has 0 radical (unpaired) electrons. The Morgan fingerprint density at radius 3 is 2.27 bits per heavy atom. The minimum absolute atomic E-state index is 0.0250. The van der Waals surface area contributed by atoms with Crippen LogP contribution in [0.4, 0.5) is 11.4 Å². The zero-order valence-electron chi connectivity index (χ0n) is 18.2. The summed E-state index contributed by atoms with van der Waals surface area (Å²) in [5, 5.41) is 5.53. The lowest BCUT2D eigenvalue weighted by molar-refractivity contribution is 0.0954. The van der Waals surface area contributed by atoms with Crippen molar-refractivity contribution < 1.29 is 18.0 Å². The van der Waals surface area contributed by atoms with Crippen LogP contribution in [0.1, 0.15) is 34.1 Å². The van der Waals surface area contributed by atoms with Crippen LogP contribution in [0.3, 0.4) is 0 Å². The summed E-state index contributed by atoms with van der Waals surface area (Å²) in [6.45, 7) is 2.44. The lowest BCUT2D eigenvalue weighted by atomic mass is 10.1. The van der Waals surface area contributed by atoms with Gasteiger partial charge in [0.25, 0.3) is 21.8 Å². The van der Waals surface area contributed by atoms with E-state index in [9.17, 15) is 18.0 Å². The van der Waals surface area contributed by atoms with Crippen molar-refractivity contribution in [1.29, 1.82) is 0 Å². The third-order valence-electron chi connectivity index (χ3n) is 4.92. The highest BCUT2D eigenvalue weighted by atomic mass is 35.5. The second-order valence-corrected chi connectivity index (χ2v) is 9.58. The summed E-state index contributed by atoms with van der Waals surface area (Å²) in [6.07, 6.45) is 0.772. The molecule has 0 saturated carbocycles. The number of halogens is 1. The number of benzene rings is 3. The predicted octanol–water partition coefficient (Wildman–Crippen LogP) is 4.56. The normalized spacial score (nSPS) is 11.0. The third kappa shape index (κ3) is 5.53. The second-order valence-electron chi connectivity index (χ2n) is 7.21. The van der Waals surface area contributed by atoms with Gasteiger partial charge in [-0.25, -0.2) is 8.42 Å². The Morgan fingerprint density at radius 2 is 1.58 bits per heavy atom. The molecule has 33 heavy (non-hydrogen) atoms. The first-order chi connectivity index (χ1) is 15.8. The minimum Gasteiger partial charge on any atom is -0.352 e. The molecular formula is C24H24ClN3O4S. The molecule has 172 valence electrons. The van der Waals surface area contributed by atoms with E-state index in [0.717, 1.165) is 10.7 Å². The quantitative estimate of drug-likeness (QED) is 0.489. The van der Waals surface area contributed by atoms with E-state index in [4.69, 9.17) is 11.6 Å². The van der Waals surface area contributed by atoms with Crippen molar-refractivity contribution in [2.45, 2.75) is 18.2 Å². The molecule has 3 rings (SSSR count). The molecular weight excluding hydrogens is 462 g/mol. The highest BCUT2D eigenvalue weighted by Crippen LogP contribution is 2.26. The lowest BCUT2D eigenvalue weighted by Crippen LogP contribution is -2.27. The van der Waals surface area contributed by atoms with Crippen molar-refractivity contribution in [2.24, 2.45) is 0 Å². The van der Waals surface area contributed by atoms with Gasteiger partial charge in [-0.1, -0.05) is 48.9 Å². The Hall–Kier alpha value is -3.36. The Labute approximate surface area is 198 Å². The maximum atomic E-state index is 13.1. The molecule has 2 amide bonds. The number of nitrogens with zero attached hydrogens (tertiary/aromatic N) is 1. The number of carbonyl (C=O) groups is 2. The Morgan fingerprint density at radius 1 is 0.909 bits per heavy atom. The van der Waals surface area contributed by atoms with E-state index in [1.165, 1.54) is 25.2 Å². The van der Waals surface area contributed by atoms with Crippen LogP contribution >= 0.6 is 11.6 Å². The van der Waals surface area contributed by atoms with Crippen molar-refractivity contribution in [3.05, 3.63) is 88.9 Å². The number of para-hydroxylation sites is 2. The highest BCUT2D eigenvalue weighted by Gasteiger charge is 2.24. The summed E-state index contributed by atoms with van der Waals surface area (Å²) in [4.78, 5) is 25.4. The van der Waals surface area contributed by atoms with E-state index >= 15 is 0 Å². The lowest BCUT2D eigenvalue weighted by Gasteiger charge is -2.20. The molecule has 0 spiro atoms. The molecule has 3 aromatic carbocycles. The van der Waals surface area contributed by atoms with Crippen LogP contribution in [0.25, 0.3) is 0 Å². The van der Waals surface area contributed by atoms with Gasteiger partial charge in [-0.15, -0.1) is 0 Å². The van der Waals surface area contributed by atoms with Gasteiger partial charge in [-0.3, -0.25) is 13.9 Å². The molecule has 0 fully saturated rings. The van der Waals surface area contributed by atoms with Crippen molar-refractivity contribution in [1.82, 2.24) is 5.32 Å². The summed E-state index contributed by atoms with van der Waals surface area (Å²) in [5.41, 5.74) is 1.04. The molecule has 0 saturated heterocycles. The Kier molecular flexibility index (Phi) is 7.73. The van der Waals surface area contributed by atoms with Crippen LogP contribution in [-0.2, 0) is 10.0 Å². The largest absolute Gasteiger partial charge is 0.352 e. The molecule has 2 N–H and O–H groups in total. The van der Waals surface area contributed by atoms with Gasteiger partial charge in [0.05, 0.1) is 32.4 Å². The second kappa shape index (κ2) is 10.5. The van der Waals surface area contributed by atoms with Crippen LogP contribution in [0.5, 0.6) is 0 Å². The standard InChI is InChI=1S/C24H24ClN3O4S/c1-3-15-26-23(29)19-11-7-8-12-22(19)27-24(30)20-16-18(13-14-21(20)25)33(31,32)28(2)17-9-5-4-6-10-17/h4-14,16H,3,15H2,1-2H3,(H,26,29)(H,27,30). The summed E-state index contributed by atoms with van der Waals surface area (Å²) < 4.78 is 27.4. The molecule has 0 aliphatic heterocycles. The monoisotopic (exact) mass is 485 g/mol. The maximum Gasteiger partial charge on any atom is 0.264 e. The minimum atomic E-state index is -3.94. The summed E-state index contributed by atoms with van der Waals surface area (Å²) in [5.74, 6) is -0.949. The number of nitrogens with one attached hydrogen (secondary N) is 2. The summed E-state index contributed by atoms with van der Waals surface area (Å²) in [6, 6.07) is 19.1. The third-order valence-corrected chi connectivity index (χ3v) is 7.03. The molecule has 0 aliphatic rings. The van der Waals surface area contributed by atoms with Crippen LogP contribution in [-0.4, -0.2) is 33.8 Å². The fourth-order valence-electron chi connectivity index (χ4n) is 3.09. The fraction of sp³-hybridized carbons (Fsp3) is 0.167. The van der Waals surface area contributed by atoms with Crippen molar-refractivity contribution in [2.75, 3.05) is 23.2 Å². The van der Waals surface area contributed by atoms with E-state index in [0.29, 0.717) is 23.5 Å². The molecule has 0 bridgehead atoms. The van der Waals surface area contributed by atoms with Crippen LogP contribution in [0.15, 0.2) is 77.7 Å². The van der Waals surface area contributed by atoms with Crippen molar-refractivity contribution >= 4 is 44.8 Å². The van der Waals surface area contributed by atoms with Crippen molar-refractivity contribution in [3.63, 3.8) is 0 Å². The van der Waals surface area contributed by atoms with E-state index in [1.54, 1.807) is 54.6 Å². The number of amides is 2. The van der Waals surface area contributed by atoms with E-state index in [-0.39, 0.29) is 21.4 Å². The molecule has 3 aromatic rings. The zero-order chi connectivity index (χ0) is 24.0. The average molecular weight is 486 g/mol. The van der Waals surface area contributed by atoms with Gasteiger partial charge in [-0.05, 0) is 48.9 Å². The molecule has 0 aromatic heterocycles. The number of sulfonamides is 1. The smallest absolute Gasteiger partial charge is 0.264 e. The molecule has 0 heterocycles.